The molecule has 3 rings (SSSR count). The molecule has 3 aromatic rings. The van der Waals surface area contributed by atoms with Gasteiger partial charge in [-0.25, -0.2) is 9.78 Å². The highest BCUT2D eigenvalue weighted by Gasteiger charge is 2.09. The van der Waals surface area contributed by atoms with Gasteiger partial charge in [0.05, 0.1) is 5.52 Å². The summed E-state index contributed by atoms with van der Waals surface area (Å²) >= 11 is 5.70. The molecular formula is C11H8N2O2S2. The molecule has 0 saturated carbocycles. The maximum atomic E-state index is 11.4. The van der Waals surface area contributed by atoms with Gasteiger partial charge >= 0.3 is 5.76 Å². The van der Waals surface area contributed by atoms with Gasteiger partial charge in [-0.05, 0) is 18.2 Å². The van der Waals surface area contributed by atoms with Crippen molar-refractivity contribution in [3.05, 3.63) is 34.1 Å². The van der Waals surface area contributed by atoms with E-state index in [1.54, 1.807) is 13.1 Å². The number of rotatable bonds is 1. The summed E-state index contributed by atoms with van der Waals surface area (Å²) in [6.07, 6.45) is 0. The third kappa shape index (κ3) is 1.69. The number of hydrogen-bond acceptors (Lipinski definition) is 5. The molecule has 0 amide bonds. The molecule has 0 unspecified atom stereocenters. The summed E-state index contributed by atoms with van der Waals surface area (Å²) in [5, 5.41) is 3.45. The molecule has 0 saturated heterocycles. The third-order valence-electron chi connectivity index (χ3n) is 2.53. The minimum atomic E-state index is -0.355. The third-order valence-corrected chi connectivity index (χ3v) is 3.83. The van der Waals surface area contributed by atoms with Crippen LogP contribution in [0.1, 0.15) is 0 Å². The van der Waals surface area contributed by atoms with Gasteiger partial charge in [0.1, 0.15) is 10.0 Å². The first-order valence-corrected chi connectivity index (χ1v) is 6.22. The number of oxazole rings is 1. The first-order valence-electron chi connectivity index (χ1n) is 4.89. The van der Waals surface area contributed by atoms with Crippen molar-refractivity contribution in [2.75, 3.05) is 0 Å². The van der Waals surface area contributed by atoms with Crippen molar-refractivity contribution in [2.45, 2.75) is 5.03 Å². The number of fused-ring (bicyclic) bond motifs is 1. The van der Waals surface area contributed by atoms with Crippen molar-refractivity contribution in [3.63, 3.8) is 0 Å². The molecule has 4 nitrogen and oxygen atoms in total. The Hall–Kier alpha value is -1.53. The second-order valence-electron chi connectivity index (χ2n) is 3.62. The predicted molar refractivity (Wildman–Crippen MR) is 69.8 cm³/mol. The fourth-order valence-corrected chi connectivity index (χ4v) is 2.67. The summed E-state index contributed by atoms with van der Waals surface area (Å²) in [4.78, 5) is 15.7. The molecule has 6 heteroatoms. The number of aromatic nitrogens is 2. The van der Waals surface area contributed by atoms with Gasteiger partial charge in [0.15, 0.2) is 5.58 Å². The summed E-state index contributed by atoms with van der Waals surface area (Å²) in [6.45, 7) is 0. The monoisotopic (exact) mass is 264 g/mol. The van der Waals surface area contributed by atoms with Crippen LogP contribution in [0.25, 0.3) is 21.7 Å². The van der Waals surface area contributed by atoms with Gasteiger partial charge in [0, 0.05) is 18.0 Å². The Balaban J connectivity index is 2.25. The SMILES string of the molecule is Cn1c(=O)oc2ccc(-c3nc(S)cs3)cc21. The van der Waals surface area contributed by atoms with Crippen LogP contribution in [-0.4, -0.2) is 9.55 Å². The number of benzene rings is 1. The Kier molecular flexibility index (Phi) is 2.34. The highest BCUT2D eigenvalue weighted by molar-refractivity contribution is 7.80. The Morgan fingerprint density at radius 2 is 2.29 bits per heavy atom. The largest absolute Gasteiger partial charge is 0.419 e. The average molecular weight is 264 g/mol. The number of thiazole rings is 1. The lowest BCUT2D eigenvalue weighted by molar-refractivity contribution is 0.528. The fraction of sp³-hybridized carbons (Fsp3) is 0.0909. The molecule has 1 aromatic carbocycles. The van der Waals surface area contributed by atoms with E-state index >= 15 is 0 Å². The normalized spacial score (nSPS) is 11.2. The lowest BCUT2D eigenvalue weighted by atomic mass is 10.2. The topological polar surface area (TPSA) is 48.0 Å². The molecule has 0 fully saturated rings. The molecule has 0 aliphatic carbocycles. The number of nitrogens with zero attached hydrogens (tertiary/aromatic N) is 2. The van der Waals surface area contributed by atoms with E-state index in [9.17, 15) is 4.79 Å². The van der Waals surface area contributed by atoms with E-state index in [1.165, 1.54) is 15.9 Å². The molecule has 2 aromatic heterocycles. The zero-order valence-electron chi connectivity index (χ0n) is 8.88. The number of hydrogen-bond donors (Lipinski definition) is 1. The summed E-state index contributed by atoms with van der Waals surface area (Å²) in [5.41, 5.74) is 2.31. The Morgan fingerprint density at radius 3 is 3.00 bits per heavy atom. The van der Waals surface area contributed by atoms with E-state index < -0.39 is 0 Å². The van der Waals surface area contributed by atoms with Crippen LogP contribution in [0.5, 0.6) is 0 Å². The van der Waals surface area contributed by atoms with E-state index in [4.69, 9.17) is 4.42 Å². The first-order chi connectivity index (χ1) is 8.15. The van der Waals surface area contributed by atoms with Crippen LogP contribution >= 0.6 is 24.0 Å². The van der Waals surface area contributed by atoms with E-state index in [1.807, 2.05) is 17.5 Å². The molecular weight excluding hydrogens is 256 g/mol. The van der Waals surface area contributed by atoms with Crippen LogP contribution in [0.3, 0.4) is 0 Å². The van der Waals surface area contributed by atoms with E-state index in [0.29, 0.717) is 10.6 Å². The zero-order valence-corrected chi connectivity index (χ0v) is 10.6. The molecule has 86 valence electrons. The standard InChI is InChI=1S/C11H8N2O2S2/c1-13-7-4-6(10-12-9(16)5-17-10)2-3-8(7)15-11(13)14/h2-5,16H,1H3. The van der Waals surface area contributed by atoms with Gasteiger partial charge in [-0.15, -0.1) is 24.0 Å². The molecule has 17 heavy (non-hydrogen) atoms. The highest BCUT2D eigenvalue weighted by Crippen LogP contribution is 2.27. The van der Waals surface area contributed by atoms with Crippen molar-refractivity contribution in [2.24, 2.45) is 7.05 Å². The second-order valence-corrected chi connectivity index (χ2v) is 4.94. The first kappa shape index (κ1) is 10.6. The van der Waals surface area contributed by atoms with Crippen LogP contribution < -0.4 is 5.76 Å². The van der Waals surface area contributed by atoms with E-state index in [-0.39, 0.29) is 5.76 Å². The summed E-state index contributed by atoms with van der Waals surface area (Å²) in [6, 6.07) is 5.56. The lowest BCUT2D eigenvalue weighted by Crippen LogP contribution is -2.08. The van der Waals surface area contributed by atoms with Gasteiger partial charge in [0.2, 0.25) is 0 Å². The maximum Gasteiger partial charge on any atom is 0.419 e. The Morgan fingerprint density at radius 1 is 1.47 bits per heavy atom. The van der Waals surface area contributed by atoms with Gasteiger partial charge in [-0.3, -0.25) is 4.57 Å². The number of aryl methyl sites for hydroxylation is 1. The summed E-state index contributed by atoms with van der Waals surface area (Å²) in [7, 11) is 1.68. The molecule has 2 heterocycles. The van der Waals surface area contributed by atoms with Crippen LogP contribution in [-0.2, 0) is 7.05 Å². The second kappa shape index (κ2) is 3.75. The van der Waals surface area contributed by atoms with Crippen LogP contribution in [0.2, 0.25) is 0 Å². The van der Waals surface area contributed by atoms with Gasteiger partial charge in [0.25, 0.3) is 0 Å². The van der Waals surface area contributed by atoms with Crippen LogP contribution in [0.4, 0.5) is 0 Å². The van der Waals surface area contributed by atoms with E-state index in [2.05, 4.69) is 17.6 Å². The van der Waals surface area contributed by atoms with Crippen molar-refractivity contribution < 1.29 is 4.42 Å². The minimum Gasteiger partial charge on any atom is -0.408 e. The van der Waals surface area contributed by atoms with Crippen molar-refractivity contribution in [1.82, 2.24) is 9.55 Å². The molecule has 0 aliphatic heterocycles. The van der Waals surface area contributed by atoms with Crippen LogP contribution in [0, 0.1) is 0 Å². The molecule has 0 N–H and O–H groups in total. The molecule has 0 bridgehead atoms. The zero-order chi connectivity index (χ0) is 12.0. The lowest BCUT2D eigenvalue weighted by Gasteiger charge is -1.96. The Bertz CT molecular complexity index is 754. The molecule has 0 radical (unpaired) electrons. The molecule has 0 atom stereocenters. The predicted octanol–water partition coefficient (Wildman–Crippen LogP) is 2.54. The highest BCUT2D eigenvalue weighted by atomic mass is 32.1. The molecule has 0 aliphatic rings. The average Bonchev–Trinajstić information content (AvgIpc) is 2.85. The summed E-state index contributed by atoms with van der Waals surface area (Å²) < 4.78 is 6.55. The molecule has 0 spiro atoms. The van der Waals surface area contributed by atoms with Crippen molar-refractivity contribution in [3.8, 4) is 10.6 Å². The van der Waals surface area contributed by atoms with Crippen LogP contribution in [0.15, 0.2) is 37.8 Å². The van der Waals surface area contributed by atoms with Crippen molar-refractivity contribution >= 4 is 35.1 Å². The smallest absolute Gasteiger partial charge is 0.408 e. The summed E-state index contributed by atoms with van der Waals surface area (Å²) in [5.74, 6) is -0.355. The van der Waals surface area contributed by atoms with Crippen molar-refractivity contribution in [1.29, 1.82) is 0 Å². The maximum absolute atomic E-state index is 11.4. The van der Waals surface area contributed by atoms with Gasteiger partial charge in [-0.2, -0.15) is 0 Å². The van der Waals surface area contributed by atoms with Gasteiger partial charge in [-0.1, -0.05) is 0 Å². The fourth-order valence-electron chi connectivity index (χ4n) is 1.66. The quantitative estimate of drug-likeness (QED) is 0.687. The number of thiol groups is 1. The van der Waals surface area contributed by atoms with E-state index in [0.717, 1.165) is 16.1 Å². The van der Waals surface area contributed by atoms with Gasteiger partial charge < -0.3 is 4.42 Å². The Labute approximate surface area is 106 Å². The minimum absolute atomic E-state index is 0.355.